The Hall–Kier alpha value is -1.96. The monoisotopic (exact) mass is 348 g/mol. The minimum Gasteiger partial charge on any atom is -0.346 e. The van der Waals surface area contributed by atoms with Crippen molar-refractivity contribution < 1.29 is 9.59 Å². The van der Waals surface area contributed by atoms with Gasteiger partial charge in [0.25, 0.3) is 5.91 Å². The number of hydrogen-bond acceptors (Lipinski definition) is 5. The van der Waals surface area contributed by atoms with E-state index < -0.39 is 0 Å². The highest BCUT2D eigenvalue weighted by Crippen LogP contribution is 2.27. The average Bonchev–Trinajstić information content (AvgIpc) is 3.24. The Kier molecular flexibility index (Phi) is 6.01. The van der Waals surface area contributed by atoms with E-state index in [4.69, 9.17) is 5.73 Å². The maximum atomic E-state index is 12.7. The fraction of sp³-hybridized carbons (Fsp3) is 0.765. The first-order valence-corrected chi connectivity index (χ1v) is 9.37. The lowest BCUT2D eigenvalue weighted by molar-refractivity contribution is -0.135. The summed E-state index contributed by atoms with van der Waals surface area (Å²) in [6.45, 7) is 2.38. The molecule has 3 rings (SSSR count). The Morgan fingerprint density at radius 3 is 2.72 bits per heavy atom. The van der Waals surface area contributed by atoms with Crippen molar-refractivity contribution in [2.45, 2.75) is 57.5 Å². The summed E-state index contributed by atoms with van der Waals surface area (Å²) >= 11 is 0. The van der Waals surface area contributed by atoms with Gasteiger partial charge in [-0.2, -0.15) is 0 Å². The molecule has 0 radical (unpaired) electrons. The number of hydrogen-bond donors (Lipinski definition) is 2. The largest absolute Gasteiger partial charge is 0.346 e. The van der Waals surface area contributed by atoms with E-state index in [-0.39, 0.29) is 23.8 Å². The molecule has 2 aliphatic rings. The molecule has 8 nitrogen and oxygen atoms in total. The molecule has 0 bridgehead atoms. The van der Waals surface area contributed by atoms with E-state index in [0.717, 1.165) is 51.5 Å². The van der Waals surface area contributed by atoms with Gasteiger partial charge in [-0.25, -0.2) is 0 Å². The standard InChI is InChI=1S/C17H28N6O2/c18-8-10-23-12-15(20-21-23)16(24)19-14-7-3-4-9-22(11-14)17(25)13-5-1-2-6-13/h12-14H,1-11,18H2,(H,19,24)/t14-/m0/s1. The van der Waals surface area contributed by atoms with Crippen LogP contribution in [0.1, 0.15) is 55.4 Å². The number of carbonyl (C=O) groups excluding carboxylic acids is 2. The highest BCUT2D eigenvalue weighted by atomic mass is 16.2. The molecule has 2 amide bonds. The Morgan fingerprint density at radius 1 is 1.20 bits per heavy atom. The third-order valence-corrected chi connectivity index (χ3v) is 5.15. The summed E-state index contributed by atoms with van der Waals surface area (Å²) in [6.07, 6.45) is 8.84. The molecule has 1 aliphatic carbocycles. The third-order valence-electron chi connectivity index (χ3n) is 5.15. The third kappa shape index (κ3) is 4.56. The molecule has 3 N–H and O–H groups in total. The quantitative estimate of drug-likeness (QED) is 0.808. The Bertz CT molecular complexity index is 596. The van der Waals surface area contributed by atoms with Crippen LogP contribution in [0.25, 0.3) is 0 Å². The molecule has 1 atom stereocenters. The average molecular weight is 348 g/mol. The van der Waals surface area contributed by atoms with Gasteiger partial charge < -0.3 is 16.0 Å². The van der Waals surface area contributed by atoms with E-state index in [2.05, 4.69) is 15.6 Å². The van der Waals surface area contributed by atoms with Crippen LogP contribution in [0.15, 0.2) is 6.20 Å². The summed E-state index contributed by atoms with van der Waals surface area (Å²) < 4.78 is 1.57. The summed E-state index contributed by atoms with van der Waals surface area (Å²) in [5.74, 6) is 0.224. The molecule has 2 fully saturated rings. The fourth-order valence-corrected chi connectivity index (χ4v) is 3.79. The molecule has 0 unspecified atom stereocenters. The van der Waals surface area contributed by atoms with Crippen molar-refractivity contribution >= 4 is 11.8 Å². The Balaban J connectivity index is 1.58. The molecular weight excluding hydrogens is 320 g/mol. The molecule has 25 heavy (non-hydrogen) atoms. The summed E-state index contributed by atoms with van der Waals surface area (Å²) in [6, 6.07) is -0.0278. The van der Waals surface area contributed by atoms with Crippen LogP contribution in [0.3, 0.4) is 0 Å². The number of likely N-dealkylation sites (tertiary alicyclic amines) is 1. The van der Waals surface area contributed by atoms with E-state index in [9.17, 15) is 9.59 Å². The van der Waals surface area contributed by atoms with Crippen molar-refractivity contribution in [2.24, 2.45) is 11.7 Å². The zero-order chi connectivity index (χ0) is 17.6. The lowest BCUT2D eigenvalue weighted by atomic mass is 10.1. The second kappa shape index (κ2) is 8.42. The molecule has 2 heterocycles. The molecule has 1 aliphatic heterocycles. The summed E-state index contributed by atoms with van der Waals surface area (Å²) in [5, 5.41) is 10.8. The molecule has 1 aromatic heterocycles. The van der Waals surface area contributed by atoms with Gasteiger partial charge in [-0.05, 0) is 32.1 Å². The number of nitrogens with zero attached hydrogens (tertiary/aromatic N) is 4. The predicted octanol–water partition coefficient (Wildman–Crippen LogP) is 0.538. The van der Waals surface area contributed by atoms with E-state index in [1.807, 2.05) is 4.90 Å². The van der Waals surface area contributed by atoms with Crippen LogP contribution in [0.5, 0.6) is 0 Å². The van der Waals surface area contributed by atoms with Crippen LogP contribution in [-0.2, 0) is 11.3 Å². The highest BCUT2D eigenvalue weighted by Gasteiger charge is 2.30. The van der Waals surface area contributed by atoms with Gasteiger partial charge in [-0.15, -0.1) is 5.10 Å². The first-order chi connectivity index (χ1) is 12.2. The van der Waals surface area contributed by atoms with Gasteiger partial charge in [-0.3, -0.25) is 14.3 Å². The second-order valence-corrected chi connectivity index (χ2v) is 7.09. The molecule has 0 aromatic carbocycles. The minimum absolute atomic E-state index is 0.0278. The lowest BCUT2D eigenvalue weighted by Gasteiger charge is -2.27. The van der Waals surface area contributed by atoms with Gasteiger partial charge >= 0.3 is 0 Å². The van der Waals surface area contributed by atoms with Gasteiger partial charge in [0.15, 0.2) is 5.69 Å². The van der Waals surface area contributed by atoms with Crippen molar-refractivity contribution in [3.05, 3.63) is 11.9 Å². The van der Waals surface area contributed by atoms with Gasteiger partial charge in [0.2, 0.25) is 5.91 Å². The van der Waals surface area contributed by atoms with Crippen molar-refractivity contribution in [1.29, 1.82) is 0 Å². The normalized spacial score (nSPS) is 22.0. The molecule has 1 saturated heterocycles. The number of nitrogens with one attached hydrogen (secondary N) is 1. The van der Waals surface area contributed by atoms with Crippen molar-refractivity contribution in [1.82, 2.24) is 25.2 Å². The zero-order valence-electron chi connectivity index (χ0n) is 14.7. The minimum atomic E-state index is -0.233. The molecular formula is C17H28N6O2. The maximum Gasteiger partial charge on any atom is 0.273 e. The fourth-order valence-electron chi connectivity index (χ4n) is 3.79. The Morgan fingerprint density at radius 2 is 1.96 bits per heavy atom. The van der Waals surface area contributed by atoms with E-state index in [1.165, 1.54) is 0 Å². The van der Waals surface area contributed by atoms with Crippen molar-refractivity contribution in [3.8, 4) is 0 Å². The van der Waals surface area contributed by atoms with Crippen molar-refractivity contribution in [3.63, 3.8) is 0 Å². The van der Waals surface area contributed by atoms with Crippen LogP contribution >= 0.6 is 0 Å². The van der Waals surface area contributed by atoms with Crippen LogP contribution in [0.2, 0.25) is 0 Å². The number of carbonyl (C=O) groups is 2. The summed E-state index contributed by atoms with van der Waals surface area (Å²) in [7, 11) is 0. The molecule has 8 heteroatoms. The van der Waals surface area contributed by atoms with E-state index >= 15 is 0 Å². The van der Waals surface area contributed by atoms with Crippen LogP contribution in [0, 0.1) is 5.92 Å². The van der Waals surface area contributed by atoms with Gasteiger partial charge in [0.05, 0.1) is 12.7 Å². The summed E-state index contributed by atoms with van der Waals surface area (Å²) in [5.41, 5.74) is 5.78. The number of aromatic nitrogens is 3. The number of amides is 2. The van der Waals surface area contributed by atoms with Gasteiger partial charge in [0, 0.05) is 31.6 Å². The molecule has 1 saturated carbocycles. The van der Waals surface area contributed by atoms with Gasteiger partial charge in [0.1, 0.15) is 0 Å². The highest BCUT2D eigenvalue weighted by molar-refractivity contribution is 5.92. The topological polar surface area (TPSA) is 106 Å². The molecule has 1 aromatic rings. The summed E-state index contributed by atoms with van der Waals surface area (Å²) in [4.78, 5) is 27.1. The zero-order valence-corrected chi connectivity index (χ0v) is 14.7. The first-order valence-electron chi connectivity index (χ1n) is 9.37. The second-order valence-electron chi connectivity index (χ2n) is 7.09. The smallest absolute Gasteiger partial charge is 0.273 e. The SMILES string of the molecule is NCCn1cc(C(=O)N[C@H]2CCCCN(C(=O)C3CCCC3)C2)nn1. The first kappa shape index (κ1) is 17.8. The van der Waals surface area contributed by atoms with Crippen molar-refractivity contribution in [2.75, 3.05) is 19.6 Å². The predicted molar refractivity (Wildman–Crippen MR) is 92.7 cm³/mol. The molecule has 138 valence electrons. The van der Waals surface area contributed by atoms with Crippen LogP contribution < -0.4 is 11.1 Å². The van der Waals surface area contributed by atoms with E-state index in [1.54, 1.807) is 10.9 Å². The molecule has 0 spiro atoms. The van der Waals surface area contributed by atoms with Gasteiger partial charge in [-0.1, -0.05) is 18.1 Å². The Labute approximate surface area is 148 Å². The lowest BCUT2D eigenvalue weighted by Crippen LogP contribution is -2.46. The van der Waals surface area contributed by atoms with E-state index in [0.29, 0.717) is 25.3 Å². The number of nitrogens with two attached hydrogens (primary N) is 1. The van der Waals surface area contributed by atoms with Crippen LogP contribution in [-0.4, -0.2) is 57.4 Å². The maximum absolute atomic E-state index is 12.7. The number of rotatable bonds is 5. The van der Waals surface area contributed by atoms with Crippen LogP contribution in [0.4, 0.5) is 0 Å².